The fraction of sp³-hybridized carbons (Fsp3) is 0.621. The Bertz CT molecular complexity index is 1230. The van der Waals surface area contributed by atoms with Crippen molar-refractivity contribution in [2.24, 2.45) is 0 Å². The fourth-order valence-corrected chi connectivity index (χ4v) is 6.52. The van der Waals surface area contributed by atoms with Gasteiger partial charge in [-0.3, -0.25) is 10.1 Å². The molecule has 1 unspecified atom stereocenters. The van der Waals surface area contributed by atoms with Crippen LogP contribution in [0.4, 0.5) is 5.82 Å². The normalized spacial score (nSPS) is 15.9. The van der Waals surface area contributed by atoms with Gasteiger partial charge >= 0.3 is 0 Å². The summed E-state index contributed by atoms with van der Waals surface area (Å²) in [5.74, 6) is 1.12. The molecule has 0 amide bonds. The number of quaternary nitrogens is 1. The molecule has 2 heterocycles. The minimum Gasteiger partial charge on any atom is -0.309 e. The average Bonchev–Trinajstić information content (AvgIpc) is 2.91. The molecule has 1 aromatic carbocycles. The van der Waals surface area contributed by atoms with E-state index in [1.165, 1.54) is 19.3 Å². The highest BCUT2D eigenvalue weighted by Gasteiger charge is 2.27. The molecule has 1 aromatic heterocycles. The molecule has 1 fully saturated rings. The van der Waals surface area contributed by atoms with Crippen LogP contribution in [-0.4, -0.2) is 72.6 Å². The number of unbranched alkanes of at least 4 members (excludes halogenated alkanes) is 3. The van der Waals surface area contributed by atoms with E-state index in [-0.39, 0.29) is 10.5 Å². The molecule has 0 spiro atoms. The number of hydrogen-bond acceptors (Lipinski definition) is 6. The number of nitrogens with two attached hydrogens (primary N) is 1. The van der Waals surface area contributed by atoms with Crippen LogP contribution in [0, 0.1) is 5.41 Å². The lowest BCUT2D eigenvalue weighted by molar-refractivity contribution is -0.616. The summed E-state index contributed by atoms with van der Waals surface area (Å²) in [6.45, 7) is 8.68. The quantitative estimate of drug-likeness (QED) is 0.228. The molecule has 1 aliphatic heterocycles. The summed E-state index contributed by atoms with van der Waals surface area (Å²) >= 11 is 0. The first-order valence-electron chi connectivity index (χ1n) is 14.5. The van der Waals surface area contributed by atoms with Crippen LogP contribution in [-0.2, 0) is 16.4 Å². The van der Waals surface area contributed by atoms with E-state index < -0.39 is 10.0 Å². The van der Waals surface area contributed by atoms with Crippen LogP contribution in [0.2, 0.25) is 0 Å². The Balaban J connectivity index is 1.81. The standard InChI is InChI=1S/C29H46N6O3S/c1-5-8-9-10-12-23(11-6-2)31-28-27(25(30)7-3)29(36)33-26(32-28)21-22-13-15-24(16-14-22)39(37,38)35-19-17-34(4)18-20-35/h13-16,23,30H,5-12,17-21H2,1-4H3,(H2,31,32,33,36)/p+1. The molecule has 2 aromatic rings. The molecule has 10 heteroatoms. The number of rotatable bonds is 15. The van der Waals surface area contributed by atoms with E-state index in [1.54, 1.807) is 28.6 Å². The average molecular weight is 560 g/mol. The Hall–Kier alpha value is -2.40. The van der Waals surface area contributed by atoms with Gasteiger partial charge in [-0.05, 0) is 50.4 Å². The Morgan fingerprint density at radius 3 is 2.33 bits per heavy atom. The zero-order valence-electron chi connectivity index (χ0n) is 24.1. The van der Waals surface area contributed by atoms with Crippen molar-refractivity contribution in [3.8, 4) is 0 Å². The Morgan fingerprint density at radius 1 is 1.03 bits per heavy atom. The lowest BCUT2D eigenvalue weighted by Gasteiger charge is -2.31. The molecule has 9 nitrogen and oxygen atoms in total. The summed E-state index contributed by atoms with van der Waals surface area (Å²) in [5, 5.41) is 10.5. The van der Waals surface area contributed by atoms with Crippen molar-refractivity contribution < 1.29 is 13.7 Å². The molecule has 39 heavy (non-hydrogen) atoms. The van der Waals surface area contributed by atoms with Crippen LogP contribution in [0.5, 0.6) is 0 Å². The molecule has 3 rings (SSSR count). The summed E-state index contributed by atoms with van der Waals surface area (Å²) in [5.41, 5.74) is 1.24. The maximum absolute atomic E-state index is 13.1. The largest absolute Gasteiger partial charge is 0.309 e. The van der Waals surface area contributed by atoms with E-state index in [0.717, 1.165) is 44.3 Å². The van der Waals surface area contributed by atoms with Gasteiger partial charge in [0.25, 0.3) is 5.56 Å². The van der Waals surface area contributed by atoms with E-state index >= 15 is 0 Å². The van der Waals surface area contributed by atoms with Gasteiger partial charge in [0.2, 0.25) is 15.8 Å². The number of aromatic nitrogens is 2. The van der Waals surface area contributed by atoms with Crippen molar-refractivity contribution in [3.63, 3.8) is 0 Å². The third-order valence-electron chi connectivity index (χ3n) is 7.53. The first-order valence-corrected chi connectivity index (χ1v) is 16.0. The molecule has 1 saturated heterocycles. The second-order valence-corrected chi connectivity index (χ2v) is 12.6. The topological polar surface area (TPSA) is 127 Å². The number of sulfonamides is 1. The van der Waals surface area contributed by atoms with E-state index in [1.807, 2.05) is 14.0 Å². The second kappa shape index (κ2) is 14.8. The summed E-state index contributed by atoms with van der Waals surface area (Å²) in [6.07, 6.45) is 8.75. The van der Waals surface area contributed by atoms with Crippen molar-refractivity contribution in [1.29, 1.82) is 5.41 Å². The first-order chi connectivity index (χ1) is 18.7. The molecule has 0 bridgehead atoms. The second-order valence-electron chi connectivity index (χ2n) is 10.7. The molecule has 0 radical (unpaired) electrons. The predicted octanol–water partition coefficient (Wildman–Crippen LogP) is 3.41. The van der Waals surface area contributed by atoms with Gasteiger partial charge in [0.15, 0.2) is 0 Å². The Morgan fingerprint density at radius 2 is 1.72 bits per heavy atom. The van der Waals surface area contributed by atoms with Gasteiger partial charge in [-0.15, -0.1) is 0 Å². The van der Waals surface area contributed by atoms with Crippen molar-refractivity contribution in [1.82, 2.24) is 19.2 Å². The zero-order valence-corrected chi connectivity index (χ0v) is 24.9. The SMILES string of the molecule is CCCCCCC(CCC)[NH2+]c1nc(Cc2ccc(S(=O)(=O)N3CCN(C)CC3)cc2)[nH]c(=O)c1C(=N)CC. The minimum atomic E-state index is -3.53. The highest BCUT2D eigenvalue weighted by Crippen LogP contribution is 2.19. The number of piperazine rings is 1. The molecule has 216 valence electrons. The maximum Gasteiger partial charge on any atom is 0.266 e. The molecule has 1 atom stereocenters. The van der Waals surface area contributed by atoms with Crippen molar-refractivity contribution in [3.05, 3.63) is 51.6 Å². The Kier molecular flexibility index (Phi) is 11.8. The van der Waals surface area contributed by atoms with Crippen LogP contribution >= 0.6 is 0 Å². The molecule has 1 aliphatic rings. The third-order valence-corrected chi connectivity index (χ3v) is 9.44. The number of benzene rings is 1. The first kappa shape index (κ1) is 31.1. The number of H-pyrrole nitrogens is 1. The molecular formula is C29H47N6O3S+. The van der Waals surface area contributed by atoms with Gasteiger partial charge in [0, 0.05) is 32.6 Å². The molecule has 4 N–H and O–H groups in total. The Labute approximate surface area is 234 Å². The van der Waals surface area contributed by atoms with E-state index in [9.17, 15) is 13.2 Å². The van der Waals surface area contributed by atoms with Crippen LogP contribution in [0.15, 0.2) is 34.0 Å². The number of nitrogens with zero attached hydrogens (tertiary/aromatic N) is 3. The summed E-state index contributed by atoms with van der Waals surface area (Å²) in [4.78, 5) is 23.3. The smallest absolute Gasteiger partial charge is 0.266 e. The van der Waals surface area contributed by atoms with Crippen LogP contribution in [0.1, 0.15) is 89.1 Å². The third kappa shape index (κ3) is 8.54. The van der Waals surface area contributed by atoms with Crippen LogP contribution in [0.3, 0.4) is 0 Å². The van der Waals surface area contributed by atoms with Crippen LogP contribution < -0.4 is 10.9 Å². The number of nitrogens with one attached hydrogen (secondary N) is 2. The van der Waals surface area contributed by atoms with Gasteiger partial charge < -0.3 is 15.3 Å². The van der Waals surface area contributed by atoms with E-state index in [2.05, 4.69) is 29.0 Å². The molecule has 0 saturated carbocycles. The summed E-state index contributed by atoms with van der Waals surface area (Å²) < 4.78 is 27.7. The van der Waals surface area contributed by atoms with E-state index in [4.69, 9.17) is 10.4 Å². The van der Waals surface area contributed by atoms with Crippen molar-refractivity contribution >= 4 is 21.6 Å². The van der Waals surface area contributed by atoms with Crippen molar-refractivity contribution in [2.45, 2.75) is 89.5 Å². The molecule has 0 aliphatic carbocycles. The van der Waals surface area contributed by atoms with Gasteiger partial charge in [-0.2, -0.15) is 9.29 Å². The minimum absolute atomic E-state index is 0.281. The maximum atomic E-state index is 13.1. The van der Waals surface area contributed by atoms with Crippen LogP contribution in [0.25, 0.3) is 0 Å². The van der Waals surface area contributed by atoms with E-state index in [0.29, 0.717) is 54.9 Å². The number of aromatic amines is 1. The number of hydrogen-bond donors (Lipinski definition) is 3. The number of likely N-dealkylation sites (N-methyl/N-ethyl adjacent to an activating group) is 1. The van der Waals surface area contributed by atoms with Gasteiger partial charge in [-0.1, -0.05) is 58.6 Å². The lowest BCUT2D eigenvalue weighted by atomic mass is 10.0. The highest BCUT2D eigenvalue weighted by atomic mass is 32.2. The lowest BCUT2D eigenvalue weighted by Crippen LogP contribution is -2.85. The summed E-state index contributed by atoms with van der Waals surface area (Å²) in [6, 6.07) is 7.19. The molecular weight excluding hydrogens is 512 g/mol. The zero-order chi connectivity index (χ0) is 28.4. The van der Waals surface area contributed by atoms with Gasteiger partial charge in [0.1, 0.15) is 11.4 Å². The fourth-order valence-electron chi connectivity index (χ4n) is 5.10. The summed E-state index contributed by atoms with van der Waals surface area (Å²) in [7, 11) is -1.54. The van der Waals surface area contributed by atoms with Gasteiger partial charge in [-0.25, -0.2) is 8.42 Å². The highest BCUT2D eigenvalue weighted by molar-refractivity contribution is 7.89. The monoisotopic (exact) mass is 559 g/mol. The van der Waals surface area contributed by atoms with Crippen molar-refractivity contribution in [2.75, 3.05) is 33.2 Å². The predicted molar refractivity (Wildman–Crippen MR) is 157 cm³/mol. The van der Waals surface area contributed by atoms with Gasteiger partial charge in [0.05, 0.1) is 16.6 Å².